The monoisotopic (exact) mass is 610 g/mol. The van der Waals surface area contributed by atoms with E-state index in [9.17, 15) is 26.3 Å². The van der Waals surface area contributed by atoms with Crippen LogP contribution in [0.3, 0.4) is 0 Å². The summed E-state index contributed by atoms with van der Waals surface area (Å²) in [7, 11) is 0. The van der Waals surface area contributed by atoms with Crippen LogP contribution in [-0.4, -0.2) is 9.97 Å². The summed E-state index contributed by atoms with van der Waals surface area (Å²) in [4.78, 5) is 7.16. The normalized spacial score (nSPS) is 11.8. The molecule has 0 spiro atoms. The van der Waals surface area contributed by atoms with Gasteiger partial charge >= 0.3 is 12.4 Å². The van der Waals surface area contributed by atoms with Gasteiger partial charge in [-0.25, -0.2) is 9.97 Å². The Balaban J connectivity index is 0.000000240. The smallest absolute Gasteiger partial charge is 0.249 e. The van der Waals surface area contributed by atoms with Gasteiger partial charge in [-0.1, -0.05) is 11.6 Å². The van der Waals surface area contributed by atoms with Gasteiger partial charge in [0, 0.05) is 21.3 Å². The fourth-order valence-electron chi connectivity index (χ4n) is 1.26. The first-order chi connectivity index (χ1) is 10.8. The number of hydrogen-bond acceptors (Lipinski definition) is 2. The maximum Gasteiger partial charge on any atom is 0.417 e. The van der Waals surface area contributed by atoms with Crippen LogP contribution in [0, 0.1) is 3.70 Å². The average Bonchev–Trinajstić information content (AvgIpc) is 2.42. The highest BCUT2D eigenvalue weighted by Crippen LogP contribution is 2.35. The molecule has 2 aromatic heterocycles. The molecule has 2 nitrogen and oxygen atoms in total. The lowest BCUT2D eigenvalue weighted by atomic mass is 10.3. The molecule has 0 bridgehead atoms. The van der Waals surface area contributed by atoms with Crippen LogP contribution in [0.4, 0.5) is 26.3 Å². The number of pyridine rings is 2. The number of halogens is 10. The van der Waals surface area contributed by atoms with E-state index in [4.69, 9.17) is 11.6 Å². The van der Waals surface area contributed by atoms with Crippen LogP contribution in [0.15, 0.2) is 33.5 Å². The predicted molar refractivity (Wildman–Crippen MR) is 91.6 cm³/mol. The molecule has 0 saturated carbocycles. The van der Waals surface area contributed by atoms with E-state index in [2.05, 4.69) is 41.8 Å². The largest absolute Gasteiger partial charge is 0.417 e. The number of rotatable bonds is 0. The quantitative estimate of drug-likeness (QED) is 0.182. The van der Waals surface area contributed by atoms with Gasteiger partial charge in [0.05, 0.1) is 11.1 Å². The Morgan fingerprint density at radius 3 is 1.62 bits per heavy atom. The molecule has 0 radical (unpaired) electrons. The zero-order chi connectivity index (χ0) is 18.7. The van der Waals surface area contributed by atoms with E-state index >= 15 is 0 Å². The molecule has 0 unspecified atom stereocenters. The van der Waals surface area contributed by atoms with Crippen molar-refractivity contribution in [3.63, 3.8) is 0 Å². The van der Waals surface area contributed by atoms with Crippen LogP contribution in [0.2, 0.25) is 5.15 Å². The van der Waals surface area contributed by atoms with Crippen molar-refractivity contribution < 1.29 is 26.3 Å². The highest BCUT2D eigenvalue weighted by Gasteiger charge is 2.34. The molecule has 0 fully saturated rings. The third kappa shape index (κ3) is 6.64. The van der Waals surface area contributed by atoms with Gasteiger partial charge in [-0.15, -0.1) is 0 Å². The summed E-state index contributed by atoms with van der Waals surface area (Å²) < 4.78 is 73.0. The van der Waals surface area contributed by atoms with Gasteiger partial charge in [-0.05, 0) is 66.6 Å². The Hall–Kier alpha value is -0.140. The van der Waals surface area contributed by atoms with Crippen molar-refractivity contribution in [2.45, 2.75) is 12.4 Å². The lowest BCUT2D eigenvalue weighted by Crippen LogP contribution is -2.06. The third-order valence-electron chi connectivity index (χ3n) is 2.25. The topological polar surface area (TPSA) is 25.8 Å². The molecular formula is C12H4Br2ClF6IN2. The van der Waals surface area contributed by atoms with E-state index in [0.29, 0.717) is 3.70 Å². The first-order valence-corrected chi connectivity index (χ1v) is 8.63. The summed E-state index contributed by atoms with van der Waals surface area (Å²) in [5.41, 5.74) is -1.51. The second-order valence-corrected chi connectivity index (χ2v) is 7.17. The molecule has 0 N–H and O–H groups in total. The molecule has 0 aliphatic heterocycles. The number of hydrogen-bond donors (Lipinski definition) is 0. The van der Waals surface area contributed by atoms with Crippen LogP contribution < -0.4 is 0 Å². The minimum Gasteiger partial charge on any atom is -0.249 e. The summed E-state index contributed by atoms with van der Waals surface area (Å²) in [6, 6.07) is 1.76. The van der Waals surface area contributed by atoms with E-state index < -0.39 is 23.5 Å². The molecule has 2 heterocycles. The number of alkyl halides is 6. The van der Waals surface area contributed by atoms with Gasteiger partial charge in [0.15, 0.2) is 0 Å². The summed E-state index contributed by atoms with van der Waals surface area (Å²) in [6.07, 6.45) is -6.55. The Labute approximate surface area is 167 Å². The van der Waals surface area contributed by atoms with E-state index in [1.165, 1.54) is 0 Å². The minimum atomic E-state index is -4.40. The summed E-state index contributed by atoms with van der Waals surface area (Å²) >= 11 is 12.5. The Morgan fingerprint density at radius 1 is 0.833 bits per heavy atom. The lowest BCUT2D eigenvalue weighted by Gasteiger charge is -2.07. The van der Waals surface area contributed by atoms with Crippen LogP contribution in [-0.2, 0) is 12.4 Å². The standard InChI is InChI=1S/C6H2BrClF3N.C6H2BrF3IN/c7-4-2-12-5(8)1-3(4)6(9,10)11;7-4-2-12-5(11)1-3(4)6(8,9)10/h2*1-2H. The maximum absolute atomic E-state index is 12.2. The Bertz CT molecular complexity index is 662. The molecular weight excluding hydrogens is 608 g/mol. The van der Waals surface area contributed by atoms with Gasteiger partial charge in [0.25, 0.3) is 0 Å². The molecule has 0 saturated heterocycles. The molecule has 12 heteroatoms. The fourth-order valence-corrected chi connectivity index (χ4v) is 2.75. The molecule has 0 atom stereocenters. The second kappa shape index (κ2) is 8.49. The van der Waals surface area contributed by atoms with Gasteiger partial charge in [-0.2, -0.15) is 26.3 Å². The van der Waals surface area contributed by atoms with E-state index in [-0.39, 0.29) is 14.1 Å². The van der Waals surface area contributed by atoms with Crippen molar-refractivity contribution in [1.29, 1.82) is 0 Å². The number of nitrogens with zero attached hydrogens (tertiary/aromatic N) is 2. The lowest BCUT2D eigenvalue weighted by molar-refractivity contribution is -0.139. The van der Waals surface area contributed by atoms with Crippen molar-refractivity contribution in [3.8, 4) is 0 Å². The van der Waals surface area contributed by atoms with Crippen molar-refractivity contribution in [3.05, 3.63) is 53.5 Å². The predicted octanol–water partition coefficient (Wildman–Crippen LogP) is 6.98. The van der Waals surface area contributed by atoms with Gasteiger partial charge < -0.3 is 0 Å². The first-order valence-electron chi connectivity index (χ1n) is 5.59. The molecule has 0 aliphatic rings. The maximum atomic E-state index is 12.2. The van der Waals surface area contributed by atoms with Crippen molar-refractivity contribution >= 4 is 66.1 Å². The summed E-state index contributed by atoms with van der Waals surface area (Å²) in [5.74, 6) is 0. The fraction of sp³-hybridized carbons (Fsp3) is 0.167. The van der Waals surface area contributed by atoms with Crippen LogP contribution in [0.5, 0.6) is 0 Å². The Kier molecular flexibility index (Phi) is 7.75. The van der Waals surface area contributed by atoms with Crippen LogP contribution in [0.1, 0.15) is 11.1 Å². The molecule has 24 heavy (non-hydrogen) atoms. The SMILES string of the molecule is FC(F)(F)c1cc(Cl)ncc1Br.FC(F)(F)c1cc(I)ncc1Br. The molecule has 132 valence electrons. The van der Waals surface area contributed by atoms with Crippen molar-refractivity contribution in [2.24, 2.45) is 0 Å². The van der Waals surface area contributed by atoms with Gasteiger partial charge in [0.1, 0.15) is 8.85 Å². The third-order valence-corrected chi connectivity index (χ3v) is 4.32. The van der Waals surface area contributed by atoms with Crippen LogP contribution >= 0.6 is 66.1 Å². The van der Waals surface area contributed by atoms with E-state index in [1.54, 1.807) is 22.6 Å². The summed E-state index contributed by atoms with van der Waals surface area (Å²) in [5, 5.41) is -0.175. The Morgan fingerprint density at radius 2 is 1.25 bits per heavy atom. The zero-order valence-electron chi connectivity index (χ0n) is 11.0. The van der Waals surface area contributed by atoms with Gasteiger partial charge in [0.2, 0.25) is 0 Å². The molecule has 0 aliphatic carbocycles. The van der Waals surface area contributed by atoms with Crippen LogP contribution in [0.25, 0.3) is 0 Å². The first kappa shape index (κ1) is 21.9. The molecule has 2 aromatic rings. The second-order valence-electron chi connectivity index (χ2n) is 3.97. The molecule has 2 rings (SSSR count). The number of aromatic nitrogens is 2. The van der Waals surface area contributed by atoms with Crippen molar-refractivity contribution in [2.75, 3.05) is 0 Å². The summed E-state index contributed by atoms with van der Waals surface area (Å²) in [6.45, 7) is 0. The van der Waals surface area contributed by atoms with E-state index in [1.807, 2.05) is 0 Å². The average molecular weight is 612 g/mol. The minimum absolute atomic E-state index is 0.0320. The highest BCUT2D eigenvalue weighted by molar-refractivity contribution is 14.1. The highest BCUT2D eigenvalue weighted by atomic mass is 127. The molecule has 0 aromatic carbocycles. The molecule has 0 amide bonds. The van der Waals surface area contributed by atoms with Gasteiger partial charge in [-0.3, -0.25) is 0 Å². The zero-order valence-corrected chi connectivity index (χ0v) is 17.1. The van der Waals surface area contributed by atoms with Crippen molar-refractivity contribution in [1.82, 2.24) is 9.97 Å². The van der Waals surface area contributed by atoms with E-state index in [0.717, 1.165) is 24.5 Å².